The monoisotopic (exact) mass is 209 g/mol. The summed E-state index contributed by atoms with van der Waals surface area (Å²) in [5, 5.41) is 0. The van der Waals surface area contributed by atoms with Crippen molar-refractivity contribution in [2.45, 2.75) is 27.2 Å². The highest BCUT2D eigenvalue weighted by atomic mass is 14.7. The zero-order valence-electron chi connectivity index (χ0n) is 9.96. The van der Waals surface area contributed by atoms with Crippen molar-refractivity contribution in [1.29, 1.82) is 0 Å². The van der Waals surface area contributed by atoms with E-state index in [2.05, 4.69) is 44.0 Å². The number of nitrogens with zero attached hydrogens (tertiary/aromatic N) is 1. The number of aromatic nitrogens is 1. The van der Waals surface area contributed by atoms with Gasteiger partial charge in [-0.1, -0.05) is 18.2 Å². The SMILES string of the molecule is Cc1cnc2c(c1C)-c1cccc(C)c1C2. The van der Waals surface area contributed by atoms with Gasteiger partial charge < -0.3 is 0 Å². The summed E-state index contributed by atoms with van der Waals surface area (Å²) in [6.07, 6.45) is 2.99. The van der Waals surface area contributed by atoms with E-state index < -0.39 is 0 Å². The van der Waals surface area contributed by atoms with Crippen molar-refractivity contribution in [2.75, 3.05) is 0 Å². The van der Waals surface area contributed by atoms with Crippen LogP contribution in [-0.4, -0.2) is 4.98 Å². The van der Waals surface area contributed by atoms with Crippen LogP contribution >= 0.6 is 0 Å². The molecule has 16 heavy (non-hydrogen) atoms. The molecule has 3 rings (SSSR count). The van der Waals surface area contributed by atoms with Crippen LogP contribution < -0.4 is 0 Å². The van der Waals surface area contributed by atoms with E-state index in [-0.39, 0.29) is 0 Å². The summed E-state index contributed by atoms with van der Waals surface area (Å²) in [5.74, 6) is 0. The van der Waals surface area contributed by atoms with E-state index in [0.29, 0.717) is 0 Å². The highest BCUT2D eigenvalue weighted by Gasteiger charge is 2.22. The summed E-state index contributed by atoms with van der Waals surface area (Å²) in [4.78, 5) is 4.58. The second kappa shape index (κ2) is 3.18. The minimum atomic E-state index is 0.998. The Morgan fingerprint density at radius 1 is 1.06 bits per heavy atom. The topological polar surface area (TPSA) is 12.9 Å². The highest BCUT2D eigenvalue weighted by molar-refractivity contribution is 5.79. The van der Waals surface area contributed by atoms with Crippen LogP contribution in [0.5, 0.6) is 0 Å². The summed E-state index contributed by atoms with van der Waals surface area (Å²) in [7, 11) is 0. The fraction of sp³-hybridized carbons (Fsp3) is 0.267. The molecule has 1 heterocycles. The third kappa shape index (κ3) is 1.15. The lowest BCUT2D eigenvalue weighted by Crippen LogP contribution is -1.92. The van der Waals surface area contributed by atoms with Gasteiger partial charge in [0.05, 0.1) is 5.69 Å². The molecule has 80 valence electrons. The van der Waals surface area contributed by atoms with Crippen LogP contribution in [0.2, 0.25) is 0 Å². The Morgan fingerprint density at radius 2 is 1.88 bits per heavy atom. The predicted molar refractivity (Wildman–Crippen MR) is 66.7 cm³/mol. The number of pyridine rings is 1. The Kier molecular flexibility index (Phi) is 1.90. The molecule has 0 aliphatic heterocycles. The Labute approximate surface area is 96.2 Å². The van der Waals surface area contributed by atoms with E-state index in [9.17, 15) is 0 Å². The molecule has 1 nitrogen and oxygen atoms in total. The van der Waals surface area contributed by atoms with Crippen LogP contribution in [0.15, 0.2) is 24.4 Å². The van der Waals surface area contributed by atoms with Crippen LogP contribution in [0.3, 0.4) is 0 Å². The molecule has 0 radical (unpaired) electrons. The van der Waals surface area contributed by atoms with Crippen LogP contribution in [0, 0.1) is 20.8 Å². The van der Waals surface area contributed by atoms with Crippen LogP contribution in [0.25, 0.3) is 11.1 Å². The van der Waals surface area contributed by atoms with Gasteiger partial charge in [-0.05, 0) is 48.6 Å². The summed E-state index contributed by atoms with van der Waals surface area (Å²) in [6, 6.07) is 6.56. The number of hydrogen-bond donors (Lipinski definition) is 0. The molecule has 2 aromatic rings. The lowest BCUT2D eigenvalue weighted by Gasteiger charge is -2.07. The maximum absolute atomic E-state index is 4.58. The predicted octanol–water partition coefficient (Wildman–Crippen LogP) is 3.58. The Morgan fingerprint density at radius 3 is 2.69 bits per heavy atom. The molecule has 0 amide bonds. The van der Waals surface area contributed by atoms with Crippen LogP contribution in [-0.2, 0) is 6.42 Å². The van der Waals surface area contributed by atoms with Gasteiger partial charge in [-0.15, -0.1) is 0 Å². The largest absolute Gasteiger partial charge is 0.260 e. The first-order valence-corrected chi connectivity index (χ1v) is 5.72. The van der Waals surface area contributed by atoms with Gasteiger partial charge in [-0.25, -0.2) is 0 Å². The van der Waals surface area contributed by atoms with Crippen molar-refractivity contribution in [3.8, 4) is 11.1 Å². The lowest BCUT2D eigenvalue weighted by molar-refractivity contribution is 1.08. The quantitative estimate of drug-likeness (QED) is 0.551. The van der Waals surface area contributed by atoms with Crippen LogP contribution in [0.4, 0.5) is 0 Å². The van der Waals surface area contributed by atoms with Gasteiger partial charge >= 0.3 is 0 Å². The van der Waals surface area contributed by atoms with Crippen molar-refractivity contribution in [2.24, 2.45) is 0 Å². The number of rotatable bonds is 0. The third-order valence-electron chi connectivity index (χ3n) is 3.69. The molecule has 0 unspecified atom stereocenters. The fourth-order valence-electron chi connectivity index (χ4n) is 2.58. The summed E-state index contributed by atoms with van der Waals surface area (Å²) >= 11 is 0. The van der Waals surface area contributed by atoms with Crippen molar-refractivity contribution in [1.82, 2.24) is 4.98 Å². The molecule has 1 aliphatic carbocycles. The standard InChI is InChI=1S/C15H15N/c1-9-5-4-6-12-13(9)7-14-15(12)11(3)10(2)8-16-14/h4-6,8H,7H2,1-3H3. The molecule has 0 bridgehead atoms. The zero-order chi connectivity index (χ0) is 11.3. The number of benzene rings is 1. The summed E-state index contributed by atoms with van der Waals surface area (Å²) < 4.78 is 0. The molecule has 0 N–H and O–H groups in total. The lowest BCUT2D eigenvalue weighted by atomic mass is 9.98. The van der Waals surface area contributed by atoms with E-state index in [1.807, 2.05) is 6.20 Å². The van der Waals surface area contributed by atoms with Gasteiger partial charge in [0.1, 0.15) is 0 Å². The molecule has 1 aliphatic rings. The summed E-state index contributed by atoms with van der Waals surface area (Å²) in [6.45, 7) is 6.52. The minimum Gasteiger partial charge on any atom is -0.260 e. The van der Waals surface area contributed by atoms with Crippen molar-refractivity contribution in [3.63, 3.8) is 0 Å². The van der Waals surface area contributed by atoms with E-state index in [1.54, 1.807) is 0 Å². The van der Waals surface area contributed by atoms with Crippen molar-refractivity contribution < 1.29 is 0 Å². The molecular weight excluding hydrogens is 194 g/mol. The maximum atomic E-state index is 4.58. The van der Waals surface area contributed by atoms with E-state index in [0.717, 1.165) is 6.42 Å². The van der Waals surface area contributed by atoms with Gasteiger partial charge in [0.25, 0.3) is 0 Å². The van der Waals surface area contributed by atoms with E-state index in [4.69, 9.17) is 0 Å². The van der Waals surface area contributed by atoms with E-state index >= 15 is 0 Å². The van der Waals surface area contributed by atoms with Gasteiger partial charge in [0.15, 0.2) is 0 Å². The Balaban J connectivity index is 2.36. The molecule has 0 fully saturated rings. The summed E-state index contributed by atoms with van der Waals surface area (Å²) in [5.41, 5.74) is 9.52. The highest BCUT2D eigenvalue weighted by Crippen LogP contribution is 2.39. The molecule has 1 aromatic heterocycles. The van der Waals surface area contributed by atoms with Gasteiger partial charge in [-0.3, -0.25) is 4.98 Å². The normalized spacial score (nSPS) is 12.4. The molecule has 0 spiro atoms. The Hall–Kier alpha value is -1.63. The average Bonchev–Trinajstić information content (AvgIpc) is 2.64. The number of aryl methyl sites for hydroxylation is 2. The fourth-order valence-corrected chi connectivity index (χ4v) is 2.58. The number of fused-ring (bicyclic) bond motifs is 3. The zero-order valence-corrected chi connectivity index (χ0v) is 9.96. The maximum Gasteiger partial charge on any atom is 0.0528 e. The average molecular weight is 209 g/mol. The Bertz CT molecular complexity index is 582. The molecule has 0 atom stereocenters. The minimum absolute atomic E-state index is 0.998. The van der Waals surface area contributed by atoms with Gasteiger partial charge in [0, 0.05) is 18.2 Å². The van der Waals surface area contributed by atoms with Crippen LogP contribution in [0.1, 0.15) is 27.9 Å². The van der Waals surface area contributed by atoms with Gasteiger partial charge in [0.2, 0.25) is 0 Å². The van der Waals surface area contributed by atoms with Crippen molar-refractivity contribution in [3.05, 3.63) is 52.3 Å². The van der Waals surface area contributed by atoms with Gasteiger partial charge in [-0.2, -0.15) is 0 Å². The van der Waals surface area contributed by atoms with Crippen molar-refractivity contribution >= 4 is 0 Å². The molecule has 1 aromatic carbocycles. The molecule has 1 heteroatoms. The second-order valence-electron chi connectivity index (χ2n) is 4.67. The smallest absolute Gasteiger partial charge is 0.0528 e. The molecule has 0 saturated carbocycles. The molecular formula is C15H15N. The second-order valence-corrected chi connectivity index (χ2v) is 4.67. The first-order chi connectivity index (χ1) is 7.68. The van der Waals surface area contributed by atoms with E-state index in [1.165, 1.54) is 39.1 Å². The number of hydrogen-bond acceptors (Lipinski definition) is 1. The third-order valence-corrected chi connectivity index (χ3v) is 3.69. The first-order valence-electron chi connectivity index (χ1n) is 5.72. The molecule has 0 saturated heterocycles. The first kappa shape index (κ1) is 9.59.